The molecule has 1 aliphatic rings. The summed E-state index contributed by atoms with van der Waals surface area (Å²) in [7, 11) is 0. The molecule has 1 unspecified atom stereocenters. The number of hydrogen-bond acceptors (Lipinski definition) is 3. The highest BCUT2D eigenvalue weighted by Crippen LogP contribution is 2.37. The lowest BCUT2D eigenvalue weighted by Gasteiger charge is -2.27. The first-order valence-corrected chi connectivity index (χ1v) is 8.09. The minimum Gasteiger partial charge on any atom is -0.480 e. The van der Waals surface area contributed by atoms with E-state index in [9.17, 15) is 14.3 Å². The molecular weight excluding hydrogens is 351 g/mol. The second-order valence-corrected chi connectivity index (χ2v) is 7.95. The molecule has 0 aromatic heterocycles. The molecule has 1 aromatic carbocycles. The molecule has 0 radical (unpaired) electrons. The van der Waals surface area contributed by atoms with Crippen LogP contribution in [-0.2, 0) is 4.79 Å². The zero-order chi connectivity index (χ0) is 16.7. The van der Waals surface area contributed by atoms with Crippen LogP contribution in [0.1, 0.15) is 38.7 Å². The van der Waals surface area contributed by atoms with Crippen molar-refractivity contribution in [1.82, 2.24) is 5.32 Å². The summed E-state index contributed by atoms with van der Waals surface area (Å²) in [6.07, 6.45) is 0.726. The SMILES string of the molecule is CC(C)(C)C[C@@H]1N[C@@H](C(=O)O)[C@H](c2cccc(Br)c2F)C1N. The van der Waals surface area contributed by atoms with Gasteiger partial charge in [-0.25, -0.2) is 4.39 Å². The van der Waals surface area contributed by atoms with E-state index in [4.69, 9.17) is 5.73 Å². The first-order valence-electron chi connectivity index (χ1n) is 7.30. The van der Waals surface area contributed by atoms with Crippen LogP contribution in [0, 0.1) is 11.2 Å². The number of nitrogens with two attached hydrogens (primary N) is 1. The minimum absolute atomic E-state index is 0.00302. The zero-order valence-corrected chi connectivity index (χ0v) is 14.5. The van der Waals surface area contributed by atoms with E-state index in [1.54, 1.807) is 18.2 Å². The van der Waals surface area contributed by atoms with Crippen molar-refractivity contribution in [2.24, 2.45) is 11.1 Å². The lowest BCUT2D eigenvalue weighted by molar-refractivity contribution is -0.139. The average Bonchev–Trinajstić information content (AvgIpc) is 2.69. The number of aliphatic carboxylic acids is 1. The normalized spacial score (nSPS) is 28.8. The third-order valence-corrected chi connectivity index (χ3v) is 4.68. The molecule has 6 heteroatoms. The molecule has 1 saturated heterocycles. The topological polar surface area (TPSA) is 75.3 Å². The predicted octanol–water partition coefficient (Wildman–Crippen LogP) is 2.86. The Hall–Kier alpha value is -0.980. The van der Waals surface area contributed by atoms with E-state index in [0.717, 1.165) is 6.42 Å². The summed E-state index contributed by atoms with van der Waals surface area (Å²) < 4.78 is 14.7. The van der Waals surface area contributed by atoms with Gasteiger partial charge in [-0.15, -0.1) is 0 Å². The molecule has 22 heavy (non-hydrogen) atoms. The molecule has 1 aromatic rings. The molecule has 4 atom stereocenters. The lowest BCUT2D eigenvalue weighted by atomic mass is 9.81. The molecule has 122 valence electrons. The fourth-order valence-corrected chi connectivity index (χ4v) is 3.54. The van der Waals surface area contributed by atoms with Gasteiger partial charge in [-0.2, -0.15) is 0 Å². The highest BCUT2D eigenvalue weighted by atomic mass is 79.9. The van der Waals surface area contributed by atoms with Crippen LogP contribution in [0.25, 0.3) is 0 Å². The summed E-state index contributed by atoms with van der Waals surface area (Å²) in [6, 6.07) is 3.40. The van der Waals surface area contributed by atoms with Gasteiger partial charge in [-0.3, -0.25) is 10.1 Å². The van der Waals surface area contributed by atoms with Crippen molar-refractivity contribution >= 4 is 21.9 Å². The Morgan fingerprint density at radius 2 is 2.09 bits per heavy atom. The largest absolute Gasteiger partial charge is 0.480 e. The molecule has 0 aliphatic carbocycles. The number of nitrogens with one attached hydrogen (secondary N) is 1. The Kier molecular flexibility index (Phi) is 4.94. The molecule has 1 fully saturated rings. The van der Waals surface area contributed by atoms with Crippen molar-refractivity contribution in [1.29, 1.82) is 0 Å². The Morgan fingerprint density at radius 1 is 1.45 bits per heavy atom. The maximum absolute atomic E-state index is 14.4. The molecule has 0 saturated carbocycles. The number of hydrogen-bond donors (Lipinski definition) is 3. The number of carbonyl (C=O) groups is 1. The molecule has 1 heterocycles. The fourth-order valence-electron chi connectivity index (χ4n) is 3.16. The van der Waals surface area contributed by atoms with Crippen LogP contribution in [0.15, 0.2) is 22.7 Å². The van der Waals surface area contributed by atoms with Gasteiger partial charge in [0, 0.05) is 18.0 Å². The first-order chi connectivity index (χ1) is 10.1. The molecule has 2 rings (SSSR count). The Labute approximate surface area is 138 Å². The van der Waals surface area contributed by atoms with Crippen LogP contribution in [0.3, 0.4) is 0 Å². The number of carboxylic acids is 1. The van der Waals surface area contributed by atoms with Gasteiger partial charge in [0.15, 0.2) is 0 Å². The van der Waals surface area contributed by atoms with E-state index in [0.29, 0.717) is 10.0 Å². The van der Waals surface area contributed by atoms with E-state index in [1.807, 2.05) is 0 Å². The van der Waals surface area contributed by atoms with Gasteiger partial charge in [0.1, 0.15) is 11.9 Å². The van der Waals surface area contributed by atoms with Crippen molar-refractivity contribution in [2.45, 2.75) is 51.2 Å². The fraction of sp³-hybridized carbons (Fsp3) is 0.562. The third-order valence-electron chi connectivity index (χ3n) is 4.07. The molecule has 4 nitrogen and oxygen atoms in total. The number of halogens is 2. The van der Waals surface area contributed by atoms with Crippen LogP contribution in [-0.4, -0.2) is 29.2 Å². The summed E-state index contributed by atoms with van der Waals surface area (Å²) in [4.78, 5) is 11.6. The molecule has 0 spiro atoms. The van der Waals surface area contributed by atoms with E-state index in [-0.39, 0.29) is 11.5 Å². The minimum atomic E-state index is -1.00. The average molecular weight is 373 g/mol. The van der Waals surface area contributed by atoms with Gasteiger partial charge in [0.05, 0.1) is 4.47 Å². The van der Waals surface area contributed by atoms with Crippen molar-refractivity contribution < 1.29 is 14.3 Å². The van der Waals surface area contributed by atoms with Crippen LogP contribution >= 0.6 is 15.9 Å². The van der Waals surface area contributed by atoms with Gasteiger partial charge < -0.3 is 10.8 Å². The molecule has 1 aliphatic heterocycles. The van der Waals surface area contributed by atoms with E-state index in [2.05, 4.69) is 42.0 Å². The summed E-state index contributed by atoms with van der Waals surface area (Å²) in [5.41, 5.74) is 6.65. The number of rotatable bonds is 3. The van der Waals surface area contributed by atoms with Crippen molar-refractivity contribution in [3.8, 4) is 0 Å². The van der Waals surface area contributed by atoms with Crippen LogP contribution in [0.4, 0.5) is 4.39 Å². The highest BCUT2D eigenvalue weighted by molar-refractivity contribution is 9.10. The summed E-state index contributed by atoms with van der Waals surface area (Å²) in [5.74, 6) is -2.04. The van der Waals surface area contributed by atoms with E-state index < -0.39 is 29.8 Å². The maximum Gasteiger partial charge on any atom is 0.321 e. The standard InChI is InChI=1S/C16H22BrFN2O2/c1-16(2,3)7-10-13(19)11(14(20-10)15(21)22)8-5-4-6-9(17)12(8)18/h4-6,10-11,13-14,20H,7,19H2,1-3H3,(H,21,22)/t10-,11+,13?,14+/m0/s1. The van der Waals surface area contributed by atoms with Crippen LogP contribution in [0.2, 0.25) is 0 Å². The van der Waals surface area contributed by atoms with E-state index >= 15 is 0 Å². The predicted molar refractivity (Wildman–Crippen MR) is 87.2 cm³/mol. The number of carboxylic acid groups (broad SMARTS) is 1. The summed E-state index contributed by atoms with van der Waals surface area (Å²) >= 11 is 3.15. The lowest BCUT2D eigenvalue weighted by Crippen LogP contribution is -2.41. The van der Waals surface area contributed by atoms with Crippen LogP contribution < -0.4 is 11.1 Å². The van der Waals surface area contributed by atoms with Crippen molar-refractivity contribution in [2.75, 3.05) is 0 Å². The highest BCUT2D eigenvalue weighted by Gasteiger charge is 2.47. The van der Waals surface area contributed by atoms with Gasteiger partial charge in [0.25, 0.3) is 0 Å². The Bertz CT molecular complexity index is 574. The molecule has 0 amide bonds. The van der Waals surface area contributed by atoms with E-state index in [1.165, 1.54) is 0 Å². The third kappa shape index (κ3) is 3.50. The second kappa shape index (κ2) is 6.26. The maximum atomic E-state index is 14.4. The van der Waals surface area contributed by atoms with Gasteiger partial charge in [-0.05, 0) is 39.4 Å². The monoisotopic (exact) mass is 372 g/mol. The van der Waals surface area contributed by atoms with Crippen molar-refractivity contribution in [3.63, 3.8) is 0 Å². The quantitative estimate of drug-likeness (QED) is 0.762. The summed E-state index contributed by atoms with van der Waals surface area (Å²) in [6.45, 7) is 6.22. The van der Waals surface area contributed by atoms with Gasteiger partial charge >= 0.3 is 5.97 Å². The van der Waals surface area contributed by atoms with Gasteiger partial charge in [0.2, 0.25) is 0 Å². The second-order valence-electron chi connectivity index (χ2n) is 7.10. The zero-order valence-electron chi connectivity index (χ0n) is 12.9. The van der Waals surface area contributed by atoms with Crippen LogP contribution in [0.5, 0.6) is 0 Å². The Morgan fingerprint density at radius 3 is 2.64 bits per heavy atom. The van der Waals surface area contributed by atoms with Gasteiger partial charge in [-0.1, -0.05) is 32.9 Å². The summed E-state index contributed by atoms with van der Waals surface area (Å²) in [5, 5.41) is 12.6. The molecule has 0 bridgehead atoms. The first kappa shape index (κ1) is 17.4. The Balaban J connectivity index is 2.39. The van der Waals surface area contributed by atoms with Crippen molar-refractivity contribution in [3.05, 3.63) is 34.1 Å². The number of benzene rings is 1. The molecular formula is C16H22BrFN2O2. The smallest absolute Gasteiger partial charge is 0.321 e. The molecule has 4 N–H and O–H groups in total.